The summed E-state index contributed by atoms with van der Waals surface area (Å²) in [7, 11) is 1.84. The quantitative estimate of drug-likeness (QED) is 0.943. The Morgan fingerprint density at radius 2 is 2.09 bits per heavy atom. The minimum absolute atomic E-state index is 0.192. The molecule has 0 unspecified atom stereocenters. The van der Waals surface area contributed by atoms with Crippen LogP contribution in [0.4, 0.5) is 0 Å². The van der Waals surface area contributed by atoms with E-state index in [0.29, 0.717) is 17.7 Å². The Hall–Kier alpha value is -2.30. The van der Waals surface area contributed by atoms with Crippen LogP contribution < -0.4 is 15.5 Å². The molecular weight excluding hydrogens is 292 g/mol. The van der Waals surface area contributed by atoms with Gasteiger partial charge in [-0.15, -0.1) is 0 Å². The molecule has 1 aliphatic rings. The van der Waals surface area contributed by atoms with Crippen molar-refractivity contribution in [1.82, 2.24) is 9.88 Å². The second-order valence-corrected chi connectivity index (χ2v) is 6.05. The number of carbonyl (C=O) groups is 1. The molecule has 5 heteroatoms. The maximum atomic E-state index is 12.7. The van der Waals surface area contributed by atoms with E-state index in [0.717, 1.165) is 31.2 Å². The summed E-state index contributed by atoms with van der Waals surface area (Å²) in [5, 5.41) is 3.50. The van der Waals surface area contributed by atoms with Gasteiger partial charge >= 0.3 is 0 Å². The predicted octanol–water partition coefficient (Wildman–Crippen LogP) is 2.61. The third-order valence-corrected chi connectivity index (χ3v) is 4.41. The van der Waals surface area contributed by atoms with E-state index in [4.69, 9.17) is 4.74 Å². The SMILES string of the molecule is CCOc1ccc2c(c1)c(=O)c(C(=O)NC1CCCC1)cn2C. The molecule has 1 N–H and O–H groups in total. The number of ether oxygens (including phenoxy) is 1. The van der Waals surface area contributed by atoms with Crippen LogP contribution in [0.3, 0.4) is 0 Å². The van der Waals surface area contributed by atoms with Crippen LogP contribution in [0.25, 0.3) is 10.9 Å². The number of hydrogen-bond acceptors (Lipinski definition) is 3. The van der Waals surface area contributed by atoms with E-state index < -0.39 is 0 Å². The normalized spacial score (nSPS) is 15.0. The van der Waals surface area contributed by atoms with Crippen LogP contribution >= 0.6 is 0 Å². The molecule has 0 bridgehead atoms. The topological polar surface area (TPSA) is 60.3 Å². The van der Waals surface area contributed by atoms with E-state index in [1.165, 1.54) is 0 Å². The molecule has 0 radical (unpaired) electrons. The highest BCUT2D eigenvalue weighted by Crippen LogP contribution is 2.20. The van der Waals surface area contributed by atoms with Crippen molar-refractivity contribution >= 4 is 16.8 Å². The molecule has 0 atom stereocenters. The fraction of sp³-hybridized carbons (Fsp3) is 0.444. The molecule has 23 heavy (non-hydrogen) atoms. The van der Waals surface area contributed by atoms with Gasteiger partial charge in [-0.2, -0.15) is 0 Å². The highest BCUT2D eigenvalue weighted by molar-refractivity contribution is 5.97. The predicted molar refractivity (Wildman–Crippen MR) is 90.1 cm³/mol. The smallest absolute Gasteiger partial charge is 0.256 e. The Balaban J connectivity index is 2.01. The Morgan fingerprint density at radius 1 is 1.35 bits per heavy atom. The van der Waals surface area contributed by atoms with Crippen LogP contribution in [0.15, 0.2) is 29.2 Å². The van der Waals surface area contributed by atoms with Gasteiger partial charge in [-0.25, -0.2) is 0 Å². The van der Waals surface area contributed by atoms with Crippen molar-refractivity contribution in [2.75, 3.05) is 6.61 Å². The van der Waals surface area contributed by atoms with E-state index in [1.54, 1.807) is 12.3 Å². The lowest BCUT2D eigenvalue weighted by Crippen LogP contribution is -2.36. The van der Waals surface area contributed by atoms with E-state index in [2.05, 4.69) is 5.32 Å². The molecule has 1 aromatic heterocycles. The number of aryl methyl sites for hydroxylation is 1. The molecule has 5 nitrogen and oxygen atoms in total. The largest absolute Gasteiger partial charge is 0.494 e. The Morgan fingerprint density at radius 3 is 2.78 bits per heavy atom. The fourth-order valence-electron chi connectivity index (χ4n) is 3.22. The van der Waals surface area contributed by atoms with Crippen molar-refractivity contribution in [3.63, 3.8) is 0 Å². The van der Waals surface area contributed by atoms with E-state index in [1.807, 2.05) is 30.7 Å². The summed E-state index contributed by atoms with van der Waals surface area (Å²) in [4.78, 5) is 25.2. The van der Waals surface area contributed by atoms with Gasteiger partial charge in [0, 0.05) is 19.3 Å². The number of rotatable bonds is 4. The Labute approximate surface area is 135 Å². The first kappa shape index (κ1) is 15.6. The summed E-state index contributed by atoms with van der Waals surface area (Å²) in [6, 6.07) is 5.59. The number of carbonyl (C=O) groups excluding carboxylic acids is 1. The van der Waals surface area contributed by atoms with Crippen molar-refractivity contribution in [3.8, 4) is 5.75 Å². The molecule has 1 fully saturated rings. The molecule has 3 rings (SSSR count). The molecule has 2 aromatic rings. The van der Waals surface area contributed by atoms with Crippen LogP contribution in [0.5, 0.6) is 5.75 Å². The zero-order valence-electron chi connectivity index (χ0n) is 13.6. The number of benzene rings is 1. The summed E-state index contributed by atoms with van der Waals surface area (Å²) in [5.41, 5.74) is 0.742. The van der Waals surface area contributed by atoms with Crippen LogP contribution in [0, 0.1) is 0 Å². The minimum Gasteiger partial charge on any atom is -0.494 e. The number of amides is 1. The van der Waals surface area contributed by atoms with Crippen LogP contribution in [-0.2, 0) is 7.05 Å². The van der Waals surface area contributed by atoms with Crippen molar-refractivity contribution in [3.05, 3.63) is 40.2 Å². The molecule has 1 aliphatic carbocycles. The molecule has 0 aliphatic heterocycles. The highest BCUT2D eigenvalue weighted by atomic mass is 16.5. The Bertz CT molecular complexity index is 789. The molecule has 1 aromatic carbocycles. The zero-order valence-corrected chi connectivity index (χ0v) is 13.6. The molecule has 1 saturated carbocycles. The van der Waals surface area contributed by atoms with Gasteiger partial charge in [-0.05, 0) is 38.0 Å². The Kier molecular flexibility index (Phi) is 4.37. The first-order valence-electron chi connectivity index (χ1n) is 8.17. The third kappa shape index (κ3) is 3.09. The van der Waals surface area contributed by atoms with Crippen molar-refractivity contribution < 1.29 is 9.53 Å². The van der Waals surface area contributed by atoms with Gasteiger partial charge in [0.2, 0.25) is 5.43 Å². The minimum atomic E-state index is -0.277. The van der Waals surface area contributed by atoms with Crippen LogP contribution in [0.2, 0.25) is 0 Å². The van der Waals surface area contributed by atoms with E-state index in [9.17, 15) is 9.59 Å². The third-order valence-electron chi connectivity index (χ3n) is 4.41. The summed E-state index contributed by atoms with van der Waals surface area (Å²) < 4.78 is 7.28. The lowest BCUT2D eigenvalue weighted by atomic mass is 10.1. The van der Waals surface area contributed by atoms with Gasteiger partial charge in [0.1, 0.15) is 11.3 Å². The van der Waals surface area contributed by atoms with Gasteiger partial charge < -0.3 is 14.6 Å². The molecule has 1 heterocycles. The first-order chi connectivity index (χ1) is 11.1. The van der Waals surface area contributed by atoms with Gasteiger partial charge in [0.05, 0.1) is 17.5 Å². The lowest BCUT2D eigenvalue weighted by molar-refractivity contribution is 0.0936. The molecular formula is C18H22N2O3. The van der Waals surface area contributed by atoms with Gasteiger partial charge in [-0.1, -0.05) is 12.8 Å². The summed E-state index contributed by atoms with van der Waals surface area (Å²) in [6.45, 7) is 2.43. The molecule has 0 saturated heterocycles. The van der Waals surface area contributed by atoms with Gasteiger partial charge in [0.25, 0.3) is 5.91 Å². The number of hydrogen-bond donors (Lipinski definition) is 1. The number of nitrogens with one attached hydrogen (secondary N) is 1. The average Bonchev–Trinajstić information content (AvgIpc) is 3.04. The van der Waals surface area contributed by atoms with E-state index >= 15 is 0 Å². The van der Waals surface area contributed by atoms with Crippen molar-refractivity contribution in [1.29, 1.82) is 0 Å². The molecule has 122 valence electrons. The second kappa shape index (κ2) is 6.44. The average molecular weight is 314 g/mol. The maximum absolute atomic E-state index is 12.7. The van der Waals surface area contributed by atoms with Gasteiger partial charge in [0.15, 0.2) is 0 Å². The number of nitrogens with zero attached hydrogens (tertiary/aromatic N) is 1. The molecule has 0 spiro atoms. The maximum Gasteiger partial charge on any atom is 0.256 e. The lowest BCUT2D eigenvalue weighted by Gasteiger charge is -2.14. The first-order valence-corrected chi connectivity index (χ1v) is 8.17. The fourth-order valence-corrected chi connectivity index (χ4v) is 3.22. The monoisotopic (exact) mass is 314 g/mol. The zero-order chi connectivity index (χ0) is 16.4. The summed E-state index contributed by atoms with van der Waals surface area (Å²) in [6.07, 6.45) is 5.88. The summed E-state index contributed by atoms with van der Waals surface area (Å²) in [5.74, 6) is 0.367. The second-order valence-electron chi connectivity index (χ2n) is 6.05. The molecule has 1 amide bonds. The van der Waals surface area contributed by atoms with Crippen molar-refractivity contribution in [2.24, 2.45) is 7.05 Å². The number of pyridine rings is 1. The van der Waals surface area contributed by atoms with Gasteiger partial charge in [-0.3, -0.25) is 9.59 Å². The van der Waals surface area contributed by atoms with Crippen LogP contribution in [0.1, 0.15) is 43.0 Å². The highest BCUT2D eigenvalue weighted by Gasteiger charge is 2.21. The summed E-state index contributed by atoms with van der Waals surface area (Å²) >= 11 is 0. The van der Waals surface area contributed by atoms with Crippen molar-refractivity contribution in [2.45, 2.75) is 38.6 Å². The van der Waals surface area contributed by atoms with E-state index in [-0.39, 0.29) is 22.9 Å². The standard InChI is InChI=1S/C18H22N2O3/c1-3-23-13-8-9-16-14(10-13)17(21)15(11-20(16)2)18(22)19-12-6-4-5-7-12/h8-12H,3-7H2,1-2H3,(H,19,22). The number of aromatic nitrogens is 1. The number of fused-ring (bicyclic) bond motifs is 1. The van der Waals surface area contributed by atoms with Crippen LogP contribution in [-0.4, -0.2) is 23.1 Å².